The number of aromatic nitrogens is 4. The Kier molecular flexibility index (Phi) is 3.06. The summed E-state index contributed by atoms with van der Waals surface area (Å²) in [6.45, 7) is 0.471. The van der Waals surface area contributed by atoms with Crippen LogP contribution >= 0.6 is 0 Å². The lowest BCUT2D eigenvalue weighted by atomic mass is 9.92. The summed E-state index contributed by atoms with van der Waals surface area (Å²) in [5.41, 5.74) is 3.88. The summed E-state index contributed by atoms with van der Waals surface area (Å²) in [5.74, 6) is 2.86. The quantitative estimate of drug-likeness (QED) is 0.799. The first-order valence-electron chi connectivity index (χ1n) is 8.38. The van der Waals surface area contributed by atoms with Gasteiger partial charge in [0.1, 0.15) is 12.1 Å². The molecule has 2 heterocycles. The molecule has 0 amide bonds. The van der Waals surface area contributed by atoms with E-state index in [9.17, 15) is 0 Å². The van der Waals surface area contributed by atoms with Crippen molar-refractivity contribution < 1.29 is 4.74 Å². The molecule has 122 valence electrons. The predicted octanol–water partition coefficient (Wildman–Crippen LogP) is 2.41. The van der Waals surface area contributed by atoms with Crippen LogP contribution in [0.5, 0.6) is 0 Å². The summed E-state index contributed by atoms with van der Waals surface area (Å²) in [4.78, 5) is 8.69. The van der Waals surface area contributed by atoms with Gasteiger partial charge in [0.2, 0.25) is 0 Å². The lowest BCUT2D eigenvalue weighted by Gasteiger charge is -2.13. The van der Waals surface area contributed by atoms with E-state index in [1.165, 1.54) is 24.0 Å². The van der Waals surface area contributed by atoms with Crippen molar-refractivity contribution in [2.75, 3.05) is 12.4 Å². The van der Waals surface area contributed by atoms with Crippen molar-refractivity contribution in [2.45, 2.75) is 31.4 Å². The van der Waals surface area contributed by atoms with Crippen molar-refractivity contribution in [3.05, 3.63) is 53.5 Å². The second-order valence-electron chi connectivity index (χ2n) is 6.63. The van der Waals surface area contributed by atoms with Crippen molar-refractivity contribution in [3.63, 3.8) is 0 Å². The van der Waals surface area contributed by atoms with Gasteiger partial charge in [-0.3, -0.25) is 0 Å². The van der Waals surface area contributed by atoms with Crippen molar-refractivity contribution in [3.8, 4) is 0 Å². The van der Waals surface area contributed by atoms with E-state index in [0.29, 0.717) is 30.3 Å². The van der Waals surface area contributed by atoms with Crippen LogP contribution in [0.1, 0.15) is 29.2 Å². The highest BCUT2D eigenvalue weighted by Gasteiger charge is 2.53. The van der Waals surface area contributed by atoms with Gasteiger partial charge in [-0.1, -0.05) is 24.3 Å². The zero-order valence-corrected chi connectivity index (χ0v) is 13.5. The molecule has 6 nitrogen and oxygen atoms in total. The zero-order chi connectivity index (χ0) is 16.1. The van der Waals surface area contributed by atoms with E-state index in [2.05, 4.69) is 44.6 Å². The average molecular weight is 321 g/mol. The maximum Gasteiger partial charge on any atom is 0.254 e. The molecule has 0 aliphatic heterocycles. The Bertz CT molecular complexity index is 905. The van der Waals surface area contributed by atoms with Gasteiger partial charge >= 0.3 is 0 Å². The van der Waals surface area contributed by atoms with Crippen LogP contribution in [-0.4, -0.2) is 32.7 Å². The van der Waals surface area contributed by atoms with Gasteiger partial charge in [-0.25, -0.2) is 4.98 Å². The molecule has 1 N–H and O–H groups in total. The predicted molar refractivity (Wildman–Crippen MR) is 89.9 cm³/mol. The summed E-state index contributed by atoms with van der Waals surface area (Å²) in [7, 11) is 1.68. The van der Waals surface area contributed by atoms with Crippen LogP contribution in [-0.2, 0) is 17.8 Å². The second kappa shape index (κ2) is 5.27. The van der Waals surface area contributed by atoms with Crippen LogP contribution < -0.4 is 5.32 Å². The van der Waals surface area contributed by atoms with Crippen LogP contribution in [0.4, 0.5) is 5.82 Å². The topological polar surface area (TPSA) is 64.3 Å². The lowest BCUT2D eigenvalue weighted by molar-refractivity contribution is 0.181. The number of benzene rings is 1. The molecule has 0 radical (unpaired) electrons. The maximum atomic E-state index is 5.22. The minimum atomic E-state index is 0.457. The normalized spacial score (nSPS) is 24.5. The number of methoxy groups -OCH3 is 1. The molecule has 2 aliphatic rings. The fourth-order valence-electron chi connectivity index (χ4n) is 4.12. The molecule has 1 saturated carbocycles. The lowest BCUT2D eigenvalue weighted by Crippen LogP contribution is -2.12. The van der Waals surface area contributed by atoms with Gasteiger partial charge in [0.25, 0.3) is 5.78 Å². The first-order chi connectivity index (χ1) is 11.8. The molecule has 2 aliphatic carbocycles. The van der Waals surface area contributed by atoms with E-state index in [1.807, 2.05) is 6.07 Å². The maximum absolute atomic E-state index is 5.22. The van der Waals surface area contributed by atoms with Gasteiger partial charge in [-0.15, -0.1) is 0 Å². The highest BCUT2D eigenvalue weighted by Crippen LogP contribution is 2.55. The van der Waals surface area contributed by atoms with E-state index in [-0.39, 0.29) is 0 Å². The molecule has 1 aromatic carbocycles. The fraction of sp³-hybridized carbons (Fsp3) is 0.389. The van der Waals surface area contributed by atoms with Crippen LogP contribution in [0.15, 0.2) is 36.7 Å². The second-order valence-corrected chi connectivity index (χ2v) is 6.63. The summed E-state index contributed by atoms with van der Waals surface area (Å²) >= 11 is 0. The van der Waals surface area contributed by atoms with E-state index < -0.39 is 0 Å². The molecular formula is C18H19N5O. The number of nitrogens with one attached hydrogen (secondary N) is 1. The third-order valence-electron chi connectivity index (χ3n) is 5.24. The third-order valence-corrected chi connectivity index (χ3v) is 5.24. The van der Waals surface area contributed by atoms with E-state index >= 15 is 0 Å². The summed E-state index contributed by atoms with van der Waals surface area (Å²) < 4.78 is 7.00. The Morgan fingerprint density at radius 1 is 1.33 bits per heavy atom. The van der Waals surface area contributed by atoms with Gasteiger partial charge in [-0.05, 0) is 29.9 Å². The molecule has 3 unspecified atom stereocenters. The van der Waals surface area contributed by atoms with Crippen molar-refractivity contribution in [1.29, 1.82) is 0 Å². The Morgan fingerprint density at radius 3 is 3.17 bits per heavy atom. The number of aryl methyl sites for hydroxylation is 1. The Morgan fingerprint density at radius 2 is 2.25 bits per heavy atom. The van der Waals surface area contributed by atoms with Crippen LogP contribution in [0.3, 0.4) is 0 Å². The van der Waals surface area contributed by atoms with Crippen LogP contribution in [0.25, 0.3) is 5.78 Å². The number of hydrogen-bond acceptors (Lipinski definition) is 5. The zero-order valence-electron chi connectivity index (χ0n) is 13.5. The van der Waals surface area contributed by atoms with Crippen LogP contribution in [0, 0.1) is 5.92 Å². The molecule has 24 heavy (non-hydrogen) atoms. The number of ether oxygens (including phenoxy) is 1. The van der Waals surface area contributed by atoms with E-state index in [4.69, 9.17) is 4.74 Å². The van der Waals surface area contributed by atoms with E-state index in [0.717, 1.165) is 11.5 Å². The largest absolute Gasteiger partial charge is 0.378 e. The number of anilines is 1. The SMILES string of the molecule is COCc1cc(NC2C3CCc4ccccc4C32)n2ncnc2n1. The fourth-order valence-corrected chi connectivity index (χ4v) is 4.12. The smallest absolute Gasteiger partial charge is 0.254 e. The summed E-state index contributed by atoms with van der Waals surface area (Å²) in [6.07, 6.45) is 3.97. The van der Waals surface area contributed by atoms with Crippen LogP contribution in [0.2, 0.25) is 0 Å². The number of rotatable bonds is 4. The molecule has 0 spiro atoms. The number of nitrogens with zero attached hydrogens (tertiary/aromatic N) is 4. The average Bonchev–Trinajstić information content (AvgIpc) is 3.08. The molecule has 6 heteroatoms. The van der Waals surface area contributed by atoms with E-state index in [1.54, 1.807) is 18.0 Å². The third kappa shape index (κ3) is 2.10. The van der Waals surface area contributed by atoms with Crippen molar-refractivity contribution >= 4 is 11.6 Å². The molecule has 3 atom stereocenters. The van der Waals surface area contributed by atoms with Gasteiger partial charge in [-0.2, -0.15) is 14.6 Å². The standard InChI is InChI=1S/C18H19N5O/c1-24-9-12-8-15(23-18(21-12)19-10-20-23)22-17-14-7-6-11-4-2-3-5-13(11)16(14)17/h2-5,8,10,14,16-17,22H,6-7,9H2,1H3. The molecule has 0 bridgehead atoms. The minimum Gasteiger partial charge on any atom is -0.378 e. The summed E-state index contributed by atoms with van der Waals surface area (Å²) in [6, 6.07) is 11.3. The monoisotopic (exact) mass is 321 g/mol. The first kappa shape index (κ1) is 13.9. The molecular weight excluding hydrogens is 302 g/mol. The number of fused-ring (bicyclic) bond motifs is 4. The van der Waals surface area contributed by atoms with Gasteiger partial charge in [0.05, 0.1) is 12.3 Å². The summed E-state index contributed by atoms with van der Waals surface area (Å²) in [5, 5.41) is 7.99. The Hall–Kier alpha value is -2.47. The highest BCUT2D eigenvalue weighted by molar-refractivity contribution is 5.51. The van der Waals surface area contributed by atoms with Crippen molar-refractivity contribution in [2.24, 2.45) is 5.92 Å². The van der Waals surface area contributed by atoms with Gasteiger partial charge in [0, 0.05) is 25.1 Å². The Balaban J connectivity index is 1.47. The first-order valence-corrected chi connectivity index (χ1v) is 8.38. The van der Waals surface area contributed by atoms with Gasteiger partial charge in [0.15, 0.2) is 0 Å². The Labute approximate surface area is 139 Å². The molecule has 0 saturated heterocycles. The van der Waals surface area contributed by atoms with Gasteiger partial charge < -0.3 is 10.1 Å². The number of hydrogen-bond donors (Lipinski definition) is 1. The highest BCUT2D eigenvalue weighted by atomic mass is 16.5. The molecule has 2 aromatic heterocycles. The van der Waals surface area contributed by atoms with Crippen molar-refractivity contribution in [1.82, 2.24) is 19.6 Å². The molecule has 3 aromatic rings. The minimum absolute atomic E-state index is 0.457. The molecule has 5 rings (SSSR count). The molecule has 1 fully saturated rings.